The molecule has 3 rings (SSSR count). The topological polar surface area (TPSA) is 92.1 Å². The average molecular weight is 329 g/mol. The molecule has 128 valence electrons. The monoisotopic (exact) mass is 329 g/mol. The first-order valence-electron chi connectivity index (χ1n) is 8.34. The van der Waals surface area contributed by atoms with Crippen LogP contribution in [0.5, 0.6) is 0 Å². The Morgan fingerprint density at radius 2 is 2.08 bits per heavy atom. The van der Waals surface area contributed by atoms with Gasteiger partial charge in [0.1, 0.15) is 12.7 Å². The van der Waals surface area contributed by atoms with Gasteiger partial charge in [0.25, 0.3) is 0 Å². The Morgan fingerprint density at radius 1 is 1.25 bits per heavy atom. The highest BCUT2D eigenvalue weighted by Crippen LogP contribution is 2.23. The summed E-state index contributed by atoms with van der Waals surface area (Å²) in [4.78, 5) is 15.8. The second-order valence-corrected chi connectivity index (χ2v) is 6.26. The van der Waals surface area contributed by atoms with Crippen molar-refractivity contribution in [2.45, 2.75) is 38.3 Å². The number of aromatic nitrogens is 3. The lowest BCUT2D eigenvalue weighted by atomic mass is 9.87. The van der Waals surface area contributed by atoms with Crippen molar-refractivity contribution in [1.29, 1.82) is 0 Å². The molecule has 1 aliphatic carbocycles. The van der Waals surface area contributed by atoms with Crippen LogP contribution in [0.25, 0.3) is 5.69 Å². The number of aliphatic hydroxyl groups is 1. The Labute approximate surface area is 141 Å². The van der Waals surface area contributed by atoms with E-state index in [9.17, 15) is 9.90 Å². The second-order valence-electron chi connectivity index (χ2n) is 6.26. The maximum Gasteiger partial charge on any atom is 0.315 e. The molecule has 1 aliphatic rings. The van der Waals surface area contributed by atoms with E-state index in [4.69, 9.17) is 0 Å². The molecule has 0 aliphatic heterocycles. The van der Waals surface area contributed by atoms with Crippen LogP contribution in [0.2, 0.25) is 0 Å². The van der Waals surface area contributed by atoms with Gasteiger partial charge >= 0.3 is 6.03 Å². The smallest absolute Gasteiger partial charge is 0.315 e. The summed E-state index contributed by atoms with van der Waals surface area (Å²) in [5.41, 5.74) is 1.94. The highest BCUT2D eigenvalue weighted by Gasteiger charge is 2.20. The van der Waals surface area contributed by atoms with Gasteiger partial charge in [-0.25, -0.2) is 14.5 Å². The summed E-state index contributed by atoms with van der Waals surface area (Å²) < 4.78 is 1.68. The van der Waals surface area contributed by atoms with Crippen molar-refractivity contribution in [3.63, 3.8) is 0 Å². The lowest BCUT2D eigenvalue weighted by molar-refractivity contribution is 0.101. The van der Waals surface area contributed by atoms with Crippen LogP contribution in [0.3, 0.4) is 0 Å². The van der Waals surface area contributed by atoms with Gasteiger partial charge in [0, 0.05) is 13.1 Å². The van der Waals surface area contributed by atoms with E-state index in [0.717, 1.165) is 36.9 Å². The molecule has 24 heavy (non-hydrogen) atoms. The van der Waals surface area contributed by atoms with Gasteiger partial charge in [0.05, 0.1) is 11.8 Å². The molecule has 0 radical (unpaired) electrons. The summed E-state index contributed by atoms with van der Waals surface area (Å²) >= 11 is 0. The molecule has 2 amide bonds. The van der Waals surface area contributed by atoms with Gasteiger partial charge in [-0.05, 0) is 42.9 Å². The summed E-state index contributed by atoms with van der Waals surface area (Å²) in [6.07, 6.45) is 6.69. The minimum absolute atomic E-state index is 0.171. The first-order valence-corrected chi connectivity index (χ1v) is 8.34. The van der Waals surface area contributed by atoms with Crippen molar-refractivity contribution < 1.29 is 9.90 Å². The Bertz CT molecular complexity index is 642. The third-order valence-electron chi connectivity index (χ3n) is 4.38. The van der Waals surface area contributed by atoms with Gasteiger partial charge in [-0.2, -0.15) is 5.10 Å². The van der Waals surface area contributed by atoms with E-state index in [2.05, 4.69) is 20.7 Å². The molecule has 0 bridgehead atoms. The number of urea groups is 1. The molecule has 2 atom stereocenters. The lowest BCUT2D eigenvalue weighted by Gasteiger charge is -2.25. The van der Waals surface area contributed by atoms with Crippen LogP contribution in [0, 0.1) is 5.92 Å². The largest absolute Gasteiger partial charge is 0.393 e. The molecule has 7 nitrogen and oxygen atoms in total. The number of nitrogens with one attached hydrogen (secondary N) is 2. The van der Waals surface area contributed by atoms with Crippen molar-refractivity contribution in [3.8, 4) is 5.69 Å². The predicted octanol–water partition coefficient (Wildman–Crippen LogP) is 1.62. The molecule has 2 aromatic rings. The quantitative estimate of drug-likeness (QED) is 0.777. The van der Waals surface area contributed by atoms with Gasteiger partial charge in [0.2, 0.25) is 0 Å². The number of hydrogen-bond donors (Lipinski definition) is 3. The van der Waals surface area contributed by atoms with Crippen molar-refractivity contribution in [2.24, 2.45) is 5.92 Å². The summed E-state index contributed by atoms with van der Waals surface area (Å²) in [5, 5.41) is 19.5. The molecule has 1 saturated carbocycles. The molecule has 1 fully saturated rings. The number of aliphatic hydroxyl groups excluding tert-OH is 1. The maximum absolute atomic E-state index is 11.9. The standard InChI is InChI=1S/C17H23N5O2/c23-16-3-1-2-14(8-16)10-20-17(24)19-9-13-4-6-15(7-5-13)22-12-18-11-21-22/h4-7,11-12,14,16,23H,1-3,8-10H2,(H2,19,20,24). The Balaban J connectivity index is 1.41. The highest BCUT2D eigenvalue weighted by atomic mass is 16.3. The zero-order valence-corrected chi connectivity index (χ0v) is 13.6. The molecular weight excluding hydrogens is 306 g/mol. The third-order valence-corrected chi connectivity index (χ3v) is 4.38. The zero-order valence-electron chi connectivity index (χ0n) is 13.6. The minimum atomic E-state index is -0.211. The number of amides is 2. The average Bonchev–Trinajstić information content (AvgIpc) is 3.13. The van der Waals surface area contributed by atoms with E-state index >= 15 is 0 Å². The fraction of sp³-hybridized carbons (Fsp3) is 0.471. The van der Waals surface area contributed by atoms with Gasteiger partial charge in [-0.3, -0.25) is 0 Å². The Morgan fingerprint density at radius 3 is 2.79 bits per heavy atom. The number of rotatable bonds is 5. The SMILES string of the molecule is O=C(NCc1ccc(-n2cncn2)cc1)NCC1CCCC(O)C1. The maximum atomic E-state index is 11.9. The van der Waals surface area contributed by atoms with Crippen molar-refractivity contribution in [1.82, 2.24) is 25.4 Å². The predicted molar refractivity (Wildman–Crippen MR) is 89.6 cm³/mol. The van der Waals surface area contributed by atoms with Crippen LogP contribution in [0.4, 0.5) is 4.79 Å². The zero-order chi connectivity index (χ0) is 16.8. The van der Waals surface area contributed by atoms with Crippen LogP contribution in [-0.2, 0) is 6.54 Å². The van der Waals surface area contributed by atoms with E-state index in [1.54, 1.807) is 11.0 Å². The van der Waals surface area contributed by atoms with Crippen LogP contribution in [0.1, 0.15) is 31.2 Å². The van der Waals surface area contributed by atoms with Gasteiger partial charge in [-0.15, -0.1) is 0 Å². The summed E-state index contributed by atoms with van der Waals surface area (Å²) in [6.45, 7) is 1.09. The molecule has 1 aromatic heterocycles. The number of carbonyl (C=O) groups excluding carboxylic acids is 1. The molecule has 2 unspecified atom stereocenters. The Hall–Kier alpha value is -2.41. The van der Waals surface area contributed by atoms with Crippen molar-refractivity contribution >= 4 is 6.03 Å². The third kappa shape index (κ3) is 4.55. The molecule has 7 heteroatoms. The normalized spacial score (nSPS) is 20.5. The first-order chi connectivity index (χ1) is 11.7. The summed E-state index contributed by atoms with van der Waals surface area (Å²) in [6, 6.07) is 7.61. The molecular formula is C17H23N5O2. The fourth-order valence-electron chi connectivity index (χ4n) is 3.04. The number of nitrogens with zero attached hydrogens (tertiary/aromatic N) is 3. The van der Waals surface area contributed by atoms with Gasteiger partial charge in [0.15, 0.2) is 0 Å². The molecule has 0 saturated heterocycles. The van der Waals surface area contributed by atoms with Crippen LogP contribution in [0.15, 0.2) is 36.9 Å². The molecule has 0 spiro atoms. The molecule has 3 N–H and O–H groups in total. The number of hydrogen-bond acceptors (Lipinski definition) is 4. The van der Waals surface area contributed by atoms with Gasteiger partial charge < -0.3 is 15.7 Å². The second kappa shape index (κ2) is 7.92. The minimum Gasteiger partial charge on any atom is -0.393 e. The van der Waals surface area contributed by atoms with E-state index in [1.807, 2.05) is 24.3 Å². The van der Waals surface area contributed by atoms with Crippen molar-refractivity contribution in [3.05, 3.63) is 42.5 Å². The number of carbonyl (C=O) groups is 1. The number of benzene rings is 1. The van der Waals surface area contributed by atoms with E-state index in [1.165, 1.54) is 6.33 Å². The fourth-order valence-corrected chi connectivity index (χ4v) is 3.04. The molecule has 1 heterocycles. The van der Waals surface area contributed by atoms with Crippen LogP contribution >= 0.6 is 0 Å². The molecule has 1 aromatic carbocycles. The van der Waals surface area contributed by atoms with E-state index in [-0.39, 0.29) is 12.1 Å². The van der Waals surface area contributed by atoms with E-state index < -0.39 is 0 Å². The van der Waals surface area contributed by atoms with Crippen LogP contribution in [-0.4, -0.2) is 38.6 Å². The summed E-state index contributed by atoms with van der Waals surface area (Å²) in [7, 11) is 0. The van der Waals surface area contributed by atoms with E-state index in [0.29, 0.717) is 19.0 Å². The summed E-state index contributed by atoms with van der Waals surface area (Å²) in [5.74, 6) is 0.376. The highest BCUT2D eigenvalue weighted by molar-refractivity contribution is 5.73. The Kier molecular flexibility index (Phi) is 5.43. The first kappa shape index (κ1) is 16.4. The van der Waals surface area contributed by atoms with Crippen molar-refractivity contribution in [2.75, 3.05) is 6.54 Å². The lowest BCUT2D eigenvalue weighted by Crippen LogP contribution is -2.39. The van der Waals surface area contributed by atoms with Gasteiger partial charge in [-0.1, -0.05) is 18.6 Å². The van der Waals surface area contributed by atoms with Crippen LogP contribution < -0.4 is 10.6 Å².